The highest BCUT2D eigenvalue weighted by Gasteiger charge is 2.06. The van der Waals surface area contributed by atoms with E-state index in [9.17, 15) is 0 Å². The molecule has 0 saturated carbocycles. The molecular formula is C19H22N2S. The molecular weight excluding hydrogens is 288 g/mol. The molecule has 0 unspecified atom stereocenters. The van der Waals surface area contributed by atoms with Crippen molar-refractivity contribution in [2.75, 3.05) is 11.9 Å². The minimum Gasteiger partial charge on any atom is -0.385 e. The lowest BCUT2D eigenvalue weighted by atomic mass is 10.2. The van der Waals surface area contributed by atoms with Crippen molar-refractivity contribution in [2.45, 2.75) is 32.6 Å². The number of nitrogens with zero attached hydrogens (tertiary/aromatic N) is 1. The van der Waals surface area contributed by atoms with Crippen LogP contribution in [0.15, 0.2) is 48.5 Å². The van der Waals surface area contributed by atoms with Crippen molar-refractivity contribution in [3.63, 3.8) is 0 Å². The topological polar surface area (TPSA) is 24.9 Å². The smallest absolute Gasteiger partial charge is 0.124 e. The summed E-state index contributed by atoms with van der Waals surface area (Å²) in [5.41, 5.74) is 3.47. The van der Waals surface area contributed by atoms with Gasteiger partial charge in [-0.1, -0.05) is 50.5 Å². The molecule has 3 rings (SSSR count). The molecule has 1 aromatic heterocycles. The molecule has 0 spiro atoms. The van der Waals surface area contributed by atoms with Crippen LogP contribution < -0.4 is 5.32 Å². The van der Waals surface area contributed by atoms with Crippen molar-refractivity contribution < 1.29 is 0 Å². The molecule has 2 aromatic carbocycles. The lowest BCUT2D eigenvalue weighted by Gasteiger charge is -2.07. The van der Waals surface area contributed by atoms with Crippen LogP contribution in [0.1, 0.15) is 32.6 Å². The molecule has 0 bridgehead atoms. The number of anilines is 1. The largest absolute Gasteiger partial charge is 0.385 e. The van der Waals surface area contributed by atoms with Crippen molar-refractivity contribution >= 4 is 27.2 Å². The Hall–Kier alpha value is -1.87. The Morgan fingerprint density at radius 1 is 1.00 bits per heavy atom. The van der Waals surface area contributed by atoms with Crippen LogP contribution in [0, 0.1) is 0 Å². The van der Waals surface area contributed by atoms with Gasteiger partial charge in [-0.05, 0) is 30.7 Å². The van der Waals surface area contributed by atoms with Crippen LogP contribution >= 0.6 is 11.3 Å². The summed E-state index contributed by atoms with van der Waals surface area (Å²) in [5, 5.41) is 4.62. The van der Waals surface area contributed by atoms with Crippen molar-refractivity contribution in [1.82, 2.24) is 4.98 Å². The summed E-state index contributed by atoms with van der Waals surface area (Å²) < 4.78 is 1.25. The van der Waals surface area contributed by atoms with Crippen LogP contribution in [0.3, 0.4) is 0 Å². The Balaban J connectivity index is 1.70. The Labute approximate surface area is 136 Å². The summed E-state index contributed by atoms with van der Waals surface area (Å²) in [6, 6.07) is 16.9. The van der Waals surface area contributed by atoms with Gasteiger partial charge in [-0.25, -0.2) is 4.98 Å². The van der Waals surface area contributed by atoms with Crippen LogP contribution in [0.2, 0.25) is 0 Å². The molecule has 2 nitrogen and oxygen atoms in total. The predicted octanol–water partition coefficient (Wildman–Crippen LogP) is 5.96. The maximum atomic E-state index is 4.74. The van der Waals surface area contributed by atoms with Crippen molar-refractivity contribution in [1.29, 1.82) is 0 Å². The Bertz CT molecular complexity index is 700. The standard InChI is InChI=1S/C19H22N2S/c1-2-3-4-7-13-20-16-10-8-9-15(14-16)19-21-17-11-5-6-12-18(17)22-19/h5-6,8-12,14,20H,2-4,7,13H2,1H3. The van der Waals surface area contributed by atoms with E-state index in [0.717, 1.165) is 17.1 Å². The van der Waals surface area contributed by atoms with Gasteiger partial charge in [-0.15, -0.1) is 11.3 Å². The normalized spacial score (nSPS) is 11.0. The minimum absolute atomic E-state index is 1.04. The van der Waals surface area contributed by atoms with Crippen LogP contribution in [-0.2, 0) is 0 Å². The van der Waals surface area contributed by atoms with E-state index in [1.54, 1.807) is 11.3 Å². The predicted molar refractivity (Wildman–Crippen MR) is 97.7 cm³/mol. The minimum atomic E-state index is 1.04. The second-order valence-corrected chi connectivity index (χ2v) is 6.59. The summed E-state index contributed by atoms with van der Waals surface area (Å²) in [6.45, 7) is 3.29. The number of fused-ring (bicyclic) bond motifs is 1. The van der Waals surface area contributed by atoms with Gasteiger partial charge in [0.15, 0.2) is 0 Å². The summed E-state index contributed by atoms with van der Waals surface area (Å²) in [7, 11) is 0. The fourth-order valence-corrected chi connectivity index (χ4v) is 3.50. The zero-order valence-electron chi connectivity index (χ0n) is 13.0. The molecule has 3 aromatic rings. The third-order valence-electron chi connectivity index (χ3n) is 3.76. The van der Waals surface area contributed by atoms with Gasteiger partial charge >= 0.3 is 0 Å². The Morgan fingerprint density at radius 3 is 2.77 bits per heavy atom. The number of para-hydroxylation sites is 1. The highest BCUT2D eigenvalue weighted by Crippen LogP contribution is 2.31. The zero-order chi connectivity index (χ0) is 15.2. The van der Waals surface area contributed by atoms with E-state index in [1.807, 2.05) is 6.07 Å². The van der Waals surface area contributed by atoms with Gasteiger partial charge < -0.3 is 5.32 Å². The number of hydrogen-bond acceptors (Lipinski definition) is 3. The number of rotatable bonds is 7. The third kappa shape index (κ3) is 3.66. The second-order valence-electron chi connectivity index (χ2n) is 5.55. The van der Waals surface area contributed by atoms with E-state index < -0.39 is 0 Å². The maximum Gasteiger partial charge on any atom is 0.124 e. The van der Waals surface area contributed by atoms with Crippen LogP contribution in [0.4, 0.5) is 5.69 Å². The van der Waals surface area contributed by atoms with Crippen LogP contribution in [-0.4, -0.2) is 11.5 Å². The average molecular weight is 310 g/mol. The number of unbranched alkanes of at least 4 members (excludes halogenated alkanes) is 3. The van der Waals surface area contributed by atoms with Gasteiger partial charge in [0.05, 0.1) is 10.2 Å². The fraction of sp³-hybridized carbons (Fsp3) is 0.316. The Kier molecular flexibility index (Phi) is 5.07. The van der Waals surface area contributed by atoms with Gasteiger partial charge in [0.2, 0.25) is 0 Å². The first-order chi connectivity index (χ1) is 10.9. The van der Waals surface area contributed by atoms with E-state index in [1.165, 1.54) is 41.6 Å². The van der Waals surface area contributed by atoms with Crippen LogP contribution in [0.25, 0.3) is 20.8 Å². The first kappa shape index (κ1) is 15.0. The molecule has 0 aliphatic heterocycles. The van der Waals surface area contributed by atoms with Crippen molar-refractivity contribution in [3.05, 3.63) is 48.5 Å². The average Bonchev–Trinajstić information content (AvgIpc) is 2.99. The Morgan fingerprint density at radius 2 is 1.91 bits per heavy atom. The first-order valence-electron chi connectivity index (χ1n) is 8.06. The van der Waals surface area contributed by atoms with Crippen molar-refractivity contribution in [2.24, 2.45) is 0 Å². The van der Waals surface area contributed by atoms with E-state index >= 15 is 0 Å². The number of hydrogen-bond donors (Lipinski definition) is 1. The number of benzene rings is 2. The molecule has 22 heavy (non-hydrogen) atoms. The molecule has 0 aliphatic carbocycles. The van der Waals surface area contributed by atoms with E-state index in [4.69, 9.17) is 4.98 Å². The van der Waals surface area contributed by atoms with Gasteiger partial charge in [0, 0.05) is 17.8 Å². The number of aromatic nitrogens is 1. The molecule has 0 radical (unpaired) electrons. The van der Waals surface area contributed by atoms with Crippen LogP contribution in [0.5, 0.6) is 0 Å². The van der Waals surface area contributed by atoms with Gasteiger partial charge in [-0.3, -0.25) is 0 Å². The lowest BCUT2D eigenvalue weighted by Crippen LogP contribution is -2.01. The summed E-state index contributed by atoms with van der Waals surface area (Å²) in [6.07, 6.45) is 5.15. The molecule has 1 heterocycles. The highest BCUT2D eigenvalue weighted by molar-refractivity contribution is 7.21. The van der Waals surface area contributed by atoms with Gasteiger partial charge in [0.1, 0.15) is 5.01 Å². The molecule has 0 saturated heterocycles. The summed E-state index contributed by atoms with van der Waals surface area (Å²) >= 11 is 1.76. The van der Waals surface area contributed by atoms with Gasteiger partial charge in [-0.2, -0.15) is 0 Å². The second kappa shape index (κ2) is 7.41. The van der Waals surface area contributed by atoms with Gasteiger partial charge in [0.25, 0.3) is 0 Å². The SMILES string of the molecule is CCCCCCNc1cccc(-c2nc3ccccc3s2)c1. The van der Waals surface area contributed by atoms with E-state index in [0.29, 0.717) is 0 Å². The quantitative estimate of drug-likeness (QED) is 0.545. The fourth-order valence-electron chi connectivity index (χ4n) is 2.54. The molecule has 0 fully saturated rings. The monoisotopic (exact) mass is 310 g/mol. The highest BCUT2D eigenvalue weighted by atomic mass is 32.1. The van der Waals surface area contributed by atoms with Crippen molar-refractivity contribution in [3.8, 4) is 10.6 Å². The lowest BCUT2D eigenvalue weighted by molar-refractivity contribution is 0.685. The molecule has 0 atom stereocenters. The molecule has 3 heteroatoms. The summed E-state index contributed by atoms with van der Waals surface area (Å²) in [4.78, 5) is 4.74. The maximum absolute atomic E-state index is 4.74. The number of thiazole rings is 1. The molecule has 0 amide bonds. The zero-order valence-corrected chi connectivity index (χ0v) is 13.8. The van der Waals surface area contributed by atoms with E-state index in [2.05, 4.69) is 54.7 Å². The molecule has 0 aliphatic rings. The van der Waals surface area contributed by atoms with E-state index in [-0.39, 0.29) is 0 Å². The molecule has 114 valence electrons. The molecule has 1 N–H and O–H groups in total. The first-order valence-corrected chi connectivity index (χ1v) is 8.88. The third-order valence-corrected chi connectivity index (χ3v) is 4.85. The summed E-state index contributed by atoms with van der Waals surface area (Å²) in [5.74, 6) is 0. The number of nitrogens with one attached hydrogen (secondary N) is 1.